The van der Waals surface area contributed by atoms with E-state index >= 15 is 0 Å². The molecule has 0 saturated carbocycles. The van der Waals surface area contributed by atoms with Gasteiger partial charge in [0.2, 0.25) is 5.91 Å². The van der Waals surface area contributed by atoms with Gasteiger partial charge in [0.05, 0.1) is 25.1 Å². The fraction of sp³-hybridized carbons (Fsp3) is 0.556. The number of rotatable bonds is 6. The molecule has 1 aromatic heterocycles. The predicted octanol–water partition coefficient (Wildman–Crippen LogP) is 0.0255. The molecule has 0 bridgehead atoms. The first-order valence-electron chi connectivity index (χ1n) is 4.77. The van der Waals surface area contributed by atoms with Gasteiger partial charge in [-0.3, -0.25) is 4.79 Å². The third-order valence-corrected chi connectivity index (χ3v) is 1.74. The van der Waals surface area contributed by atoms with Crippen molar-refractivity contribution in [3.8, 4) is 0 Å². The van der Waals surface area contributed by atoms with Crippen LogP contribution in [0, 0.1) is 0 Å². The molecule has 0 aliphatic rings. The Morgan fingerprint density at radius 3 is 3.14 bits per heavy atom. The van der Waals surface area contributed by atoms with Gasteiger partial charge in [-0.05, 0) is 13.0 Å². The smallest absolute Gasteiger partial charge is 0.234 e. The molecule has 3 N–H and O–H groups in total. The first-order valence-corrected chi connectivity index (χ1v) is 4.77. The molecule has 0 fully saturated rings. The second-order valence-corrected chi connectivity index (χ2v) is 3.03. The molecule has 1 aromatic rings. The minimum absolute atomic E-state index is 0.00745. The van der Waals surface area contributed by atoms with E-state index in [4.69, 9.17) is 0 Å². The zero-order chi connectivity index (χ0) is 10.2. The molecule has 0 atom stereocenters. The lowest BCUT2D eigenvalue weighted by Crippen LogP contribution is -2.33. The average Bonchev–Trinajstić information content (AvgIpc) is 2.68. The number of carbonyl (C=O) groups is 1. The fourth-order valence-corrected chi connectivity index (χ4v) is 1.02. The summed E-state index contributed by atoms with van der Waals surface area (Å²) in [6.45, 7) is 3.82. The van der Waals surface area contributed by atoms with Crippen molar-refractivity contribution >= 4 is 5.91 Å². The number of nitrogens with one attached hydrogen (secondary N) is 3. The highest BCUT2D eigenvalue weighted by atomic mass is 16.1. The van der Waals surface area contributed by atoms with Crippen molar-refractivity contribution in [2.24, 2.45) is 0 Å². The number of H-pyrrole nitrogens is 1. The van der Waals surface area contributed by atoms with Crippen molar-refractivity contribution in [3.05, 3.63) is 18.2 Å². The predicted molar refractivity (Wildman–Crippen MR) is 53.6 cm³/mol. The molecule has 0 aliphatic carbocycles. The lowest BCUT2D eigenvalue weighted by molar-refractivity contribution is -0.120. The van der Waals surface area contributed by atoms with Crippen LogP contribution in [0.3, 0.4) is 0 Å². The van der Waals surface area contributed by atoms with Crippen molar-refractivity contribution in [2.75, 3.05) is 13.1 Å². The van der Waals surface area contributed by atoms with Crippen LogP contribution in [-0.2, 0) is 11.3 Å². The van der Waals surface area contributed by atoms with Gasteiger partial charge in [-0.25, -0.2) is 4.98 Å². The molecule has 78 valence electrons. The molecule has 0 aromatic carbocycles. The van der Waals surface area contributed by atoms with Crippen LogP contribution in [0.5, 0.6) is 0 Å². The van der Waals surface area contributed by atoms with Crippen LogP contribution < -0.4 is 10.6 Å². The van der Waals surface area contributed by atoms with E-state index in [2.05, 4.69) is 27.5 Å². The van der Waals surface area contributed by atoms with Gasteiger partial charge in [0.25, 0.3) is 0 Å². The van der Waals surface area contributed by atoms with Crippen LogP contribution in [0.15, 0.2) is 12.5 Å². The number of hydrogen-bond donors (Lipinski definition) is 3. The van der Waals surface area contributed by atoms with Gasteiger partial charge in [-0.15, -0.1) is 0 Å². The molecule has 14 heavy (non-hydrogen) atoms. The third-order valence-electron chi connectivity index (χ3n) is 1.74. The summed E-state index contributed by atoms with van der Waals surface area (Å²) >= 11 is 0. The number of nitrogens with zero attached hydrogens (tertiary/aromatic N) is 1. The van der Waals surface area contributed by atoms with E-state index in [1.807, 2.05) is 0 Å². The van der Waals surface area contributed by atoms with Crippen molar-refractivity contribution in [3.63, 3.8) is 0 Å². The maximum Gasteiger partial charge on any atom is 0.234 e. The number of amides is 1. The van der Waals surface area contributed by atoms with E-state index in [-0.39, 0.29) is 5.91 Å². The summed E-state index contributed by atoms with van der Waals surface area (Å²) < 4.78 is 0. The molecule has 0 spiro atoms. The maximum absolute atomic E-state index is 11.2. The van der Waals surface area contributed by atoms with Gasteiger partial charge in [-0.1, -0.05) is 6.92 Å². The summed E-state index contributed by atoms with van der Waals surface area (Å²) in [5.41, 5.74) is 0.911. The van der Waals surface area contributed by atoms with Crippen LogP contribution in [0.4, 0.5) is 0 Å². The third kappa shape index (κ3) is 4.04. The zero-order valence-electron chi connectivity index (χ0n) is 8.34. The highest BCUT2D eigenvalue weighted by molar-refractivity contribution is 5.77. The van der Waals surface area contributed by atoms with Crippen LogP contribution in [0.1, 0.15) is 19.0 Å². The summed E-state index contributed by atoms with van der Waals surface area (Å²) in [4.78, 5) is 18.0. The van der Waals surface area contributed by atoms with E-state index in [1.54, 1.807) is 12.5 Å². The Labute approximate surface area is 83.3 Å². The Balaban J connectivity index is 2.09. The Hall–Kier alpha value is -1.36. The van der Waals surface area contributed by atoms with Gasteiger partial charge in [-0.2, -0.15) is 0 Å². The van der Waals surface area contributed by atoms with Crippen LogP contribution in [-0.4, -0.2) is 29.0 Å². The summed E-state index contributed by atoms with van der Waals surface area (Å²) in [5, 5.41) is 5.80. The summed E-state index contributed by atoms with van der Waals surface area (Å²) in [6, 6.07) is 0. The lowest BCUT2D eigenvalue weighted by atomic mass is 10.4. The van der Waals surface area contributed by atoms with E-state index in [1.165, 1.54) is 0 Å². The van der Waals surface area contributed by atoms with Crippen molar-refractivity contribution in [1.82, 2.24) is 20.6 Å². The zero-order valence-corrected chi connectivity index (χ0v) is 8.34. The van der Waals surface area contributed by atoms with Gasteiger partial charge >= 0.3 is 0 Å². The van der Waals surface area contributed by atoms with E-state index in [9.17, 15) is 4.79 Å². The molecule has 1 heterocycles. The highest BCUT2D eigenvalue weighted by Gasteiger charge is 1.99. The average molecular weight is 196 g/mol. The van der Waals surface area contributed by atoms with E-state index in [0.717, 1.165) is 18.7 Å². The first kappa shape index (κ1) is 10.7. The van der Waals surface area contributed by atoms with Gasteiger partial charge in [0.15, 0.2) is 0 Å². The second kappa shape index (κ2) is 6.15. The molecule has 0 radical (unpaired) electrons. The molecule has 5 heteroatoms. The summed E-state index contributed by atoms with van der Waals surface area (Å²) in [5.74, 6) is 0.00745. The van der Waals surface area contributed by atoms with Gasteiger partial charge in [0.1, 0.15) is 0 Å². The Kier molecular flexibility index (Phi) is 4.71. The first-order chi connectivity index (χ1) is 6.83. The van der Waals surface area contributed by atoms with Crippen LogP contribution >= 0.6 is 0 Å². The maximum atomic E-state index is 11.2. The Morgan fingerprint density at radius 2 is 2.50 bits per heavy atom. The molecule has 5 nitrogen and oxygen atoms in total. The van der Waals surface area contributed by atoms with Crippen LogP contribution in [0.2, 0.25) is 0 Å². The molecule has 0 aliphatic heterocycles. The number of hydrogen-bond acceptors (Lipinski definition) is 3. The SMILES string of the molecule is CCCNCC(=O)NCc1cnc[nH]1. The number of imidazole rings is 1. The van der Waals surface area contributed by atoms with E-state index in [0.29, 0.717) is 13.1 Å². The molecular weight excluding hydrogens is 180 g/mol. The molecule has 0 unspecified atom stereocenters. The fourth-order valence-electron chi connectivity index (χ4n) is 1.02. The highest BCUT2D eigenvalue weighted by Crippen LogP contribution is 1.88. The molecule has 1 rings (SSSR count). The largest absolute Gasteiger partial charge is 0.349 e. The molecule has 1 amide bonds. The normalized spacial score (nSPS) is 10.1. The van der Waals surface area contributed by atoms with E-state index < -0.39 is 0 Å². The number of aromatic nitrogens is 2. The lowest BCUT2D eigenvalue weighted by Gasteiger charge is -2.04. The van der Waals surface area contributed by atoms with Gasteiger partial charge in [0, 0.05) is 6.20 Å². The Morgan fingerprint density at radius 1 is 1.64 bits per heavy atom. The number of aromatic amines is 1. The standard InChI is InChI=1S/C9H16N4O/c1-2-3-10-6-9(14)12-5-8-4-11-7-13-8/h4,7,10H,2-3,5-6H2,1H3,(H,11,13)(H,12,14). The number of carbonyl (C=O) groups excluding carboxylic acids is 1. The van der Waals surface area contributed by atoms with Crippen molar-refractivity contribution in [1.29, 1.82) is 0 Å². The minimum atomic E-state index is 0.00745. The molecular formula is C9H16N4O. The van der Waals surface area contributed by atoms with Gasteiger partial charge < -0.3 is 15.6 Å². The summed E-state index contributed by atoms with van der Waals surface area (Å²) in [7, 11) is 0. The molecule has 0 saturated heterocycles. The second-order valence-electron chi connectivity index (χ2n) is 3.03. The van der Waals surface area contributed by atoms with Crippen molar-refractivity contribution in [2.45, 2.75) is 19.9 Å². The van der Waals surface area contributed by atoms with Crippen LogP contribution in [0.25, 0.3) is 0 Å². The topological polar surface area (TPSA) is 69.8 Å². The minimum Gasteiger partial charge on any atom is -0.349 e. The van der Waals surface area contributed by atoms with Crippen molar-refractivity contribution < 1.29 is 4.79 Å². The monoisotopic (exact) mass is 196 g/mol. The summed E-state index contributed by atoms with van der Waals surface area (Å²) in [6.07, 6.45) is 4.32. The quantitative estimate of drug-likeness (QED) is 0.562. The Bertz CT molecular complexity index is 258.